The predicted molar refractivity (Wildman–Crippen MR) is 111 cm³/mol. The number of amidine groups is 1. The van der Waals surface area contributed by atoms with Gasteiger partial charge in [-0.15, -0.1) is 0 Å². The van der Waals surface area contributed by atoms with Gasteiger partial charge in [0.2, 0.25) is 5.82 Å². The lowest BCUT2D eigenvalue weighted by atomic mass is 10.3. The van der Waals surface area contributed by atoms with Crippen LogP contribution in [0.2, 0.25) is 0 Å². The molecule has 27 heavy (non-hydrogen) atoms. The molecule has 3 rings (SSSR count). The minimum absolute atomic E-state index is 0.0337. The summed E-state index contributed by atoms with van der Waals surface area (Å²) in [5, 5.41) is 25.7. The van der Waals surface area contributed by atoms with Crippen molar-refractivity contribution in [1.29, 1.82) is 0 Å². The number of rotatable bonds is 7. The number of nitrogens with zero attached hydrogens (tertiary/aromatic N) is 3. The van der Waals surface area contributed by atoms with Crippen LogP contribution in [0.5, 0.6) is 0 Å². The summed E-state index contributed by atoms with van der Waals surface area (Å²) < 4.78 is 18.2. The van der Waals surface area contributed by atoms with E-state index in [4.69, 9.17) is 5.14 Å². The highest BCUT2D eigenvalue weighted by Gasteiger charge is 2.19. The Morgan fingerprint density at radius 1 is 1.48 bits per heavy atom. The number of aromatic nitrogens is 2. The number of nitrogens with two attached hydrogens (primary N) is 1. The van der Waals surface area contributed by atoms with E-state index in [1.54, 1.807) is 11.8 Å². The molecule has 148 valence electrons. The maximum atomic E-state index is 13.2. The van der Waals surface area contributed by atoms with Crippen LogP contribution in [0.4, 0.5) is 15.9 Å². The minimum Gasteiger partial charge on any atom is -0.364 e. The number of aliphatic imine (C=N–C) groups is 1. The first-order valence-electron chi connectivity index (χ1n) is 7.94. The molecule has 0 unspecified atom stereocenters. The molecule has 1 fully saturated rings. The zero-order valence-electron chi connectivity index (χ0n) is 14.5. The molecule has 0 atom stereocenters. The highest BCUT2D eigenvalue weighted by molar-refractivity contribution is 9.10. The van der Waals surface area contributed by atoms with Crippen molar-refractivity contribution < 1.29 is 14.2 Å². The van der Waals surface area contributed by atoms with Crippen molar-refractivity contribution in [1.82, 2.24) is 15.8 Å². The lowest BCUT2D eigenvalue weighted by Crippen LogP contribution is -2.22. The third kappa shape index (κ3) is 7.30. The Morgan fingerprint density at radius 2 is 2.26 bits per heavy atom. The molecule has 0 saturated heterocycles. The molecule has 0 bridgehead atoms. The Morgan fingerprint density at radius 3 is 2.81 bits per heavy atom. The fourth-order valence-electron chi connectivity index (χ4n) is 1.75. The maximum Gasteiger partial charge on any atom is 0.202 e. The molecular formula is C15H20BrFN6O2S2. The van der Waals surface area contributed by atoms with Crippen LogP contribution < -0.4 is 15.9 Å². The third-order valence-electron chi connectivity index (χ3n) is 3.28. The third-order valence-corrected chi connectivity index (χ3v) is 5.35. The monoisotopic (exact) mass is 478 g/mol. The SMILES string of the molecule is CSCCNc1nonc1C(=Nc1ccc(F)c(Br)c1)NO.NSC1CC1. The minimum atomic E-state index is -0.403. The Kier molecular flexibility index (Phi) is 9.34. The topological polar surface area (TPSA) is 122 Å². The molecule has 0 radical (unpaired) electrons. The first-order valence-corrected chi connectivity index (χ1v) is 11.1. The first kappa shape index (κ1) is 22.0. The fourth-order valence-corrected chi connectivity index (χ4v) is 2.83. The molecule has 2 aromatic rings. The Labute approximate surface area is 173 Å². The van der Waals surface area contributed by atoms with Crippen LogP contribution >= 0.6 is 39.6 Å². The predicted octanol–water partition coefficient (Wildman–Crippen LogP) is 3.56. The van der Waals surface area contributed by atoms with E-state index in [0.717, 1.165) is 11.0 Å². The summed E-state index contributed by atoms with van der Waals surface area (Å²) in [5.74, 6) is 0.859. The molecule has 1 aliphatic carbocycles. The van der Waals surface area contributed by atoms with Gasteiger partial charge in [0.05, 0.1) is 10.2 Å². The average Bonchev–Trinajstić information content (AvgIpc) is 3.41. The molecule has 1 aliphatic rings. The summed E-state index contributed by atoms with van der Waals surface area (Å²) in [6.07, 6.45) is 4.68. The van der Waals surface area contributed by atoms with Crippen LogP contribution in [0.1, 0.15) is 18.5 Å². The molecule has 0 amide bonds. The van der Waals surface area contributed by atoms with Crippen molar-refractivity contribution in [2.45, 2.75) is 18.1 Å². The van der Waals surface area contributed by atoms with Gasteiger partial charge in [-0.3, -0.25) is 15.8 Å². The van der Waals surface area contributed by atoms with Crippen LogP contribution in [-0.4, -0.2) is 45.2 Å². The molecule has 0 spiro atoms. The van der Waals surface area contributed by atoms with Crippen molar-refractivity contribution in [2.75, 3.05) is 23.9 Å². The van der Waals surface area contributed by atoms with Gasteiger partial charge in [-0.05, 0) is 63.5 Å². The van der Waals surface area contributed by atoms with Crippen molar-refractivity contribution in [3.05, 3.63) is 34.2 Å². The van der Waals surface area contributed by atoms with Crippen molar-refractivity contribution >= 4 is 57.0 Å². The highest BCUT2D eigenvalue weighted by Crippen LogP contribution is 2.29. The van der Waals surface area contributed by atoms with Crippen LogP contribution in [0, 0.1) is 5.82 Å². The zero-order chi connectivity index (χ0) is 19.6. The number of hydrogen-bond acceptors (Lipinski definition) is 9. The van der Waals surface area contributed by atoms with Gasteiger partial charge in [0.1, 0.15) is 5.82 Å². The summed E-state index contributed by atoms with van der Waals surface area (Å²) in [5.41, 5.74) is 2.60. The average molecular weight is 479 g/mol. The number of hydroxylamine groups is 1. The molecule has 1 saturated carbocycles. The Bertz CT molecular complexity index is 760. The normalized spacial score (nSPS) is 13.7. The second-order valence-electron chi connectivity index (χ2n) is 5.39. The number of nitrogens with one attached hydrogen (secondary N) is 2. The van der Waals surface area contributed by atoms with E-state index in [-0.39, 0.29) is 16.0 Å². The van der Waals surface area contributed by atoms with E-state index in [9.17, 15) is 9.60 Å². The van der Waals surface area contributed by atoms with Gasteiger partial charge < -0.3 is 5.32 Å². The highest BCUT2D eigenvalue weighted by atomic mass is 79.9. The van der Waals surface area contributed by atoms with Gasteiger partial charge in [-0.25, -0.2) is 14.0 Å². The Hall–Kier alpha value is -1.34. The van der Waals surface area contributed by atoms with Gasteiger partial charge in [-0.1, -0.05) is 11.9 Å². The van der Waals surface area contributed by atoms with Crippen LogP contribution in [0.15, 0.2) is 32.3 Å². The van der Waals surface area contributed by atoms with E-state index in [0.29, 0.717) is 18.1 Å². The van der Waals surface area contributed by atoms with Gasteiger partial charge >= 0.3 is 0 Å². The van der Waals surface area contributed by atoms with Crippen molar-refractivity contribution in [2.24, 2.45) is 10.1 Å². The number of anilines is 1. The number of halogens is 2. The largest absolute Gasteiger partial charge is 0.364 e. The molecule has 0 aliphatic heterocycles. The zero-order valence-corrected chi connectivity index (χ0v) is 17.7. The van der Waals surface area contributed by atoms with Crippen molar-refractivity contribution in [3.63, 3.8) is 0 Å². The first-order chi connectivity index (χ1) is 13.1. The summed E-state index contributed by atoms with van der Waals surface area (Å²) in [6.45, 7) is 0.656. The molecular weight excluding hydrogens is 459 g/mol. The molecule has 1 aromatic heterocycles. The van der Waals surface area contributed by atoms with Crippen molar-refractivity contribution in [3.8, 4) is 0 Å². The molecule has 1 aromatic carbocycles. The van der Waals surface area contributed by atoms with Crippen LogP contribution in [-0.2, 0) is 0 Å². The standard InChI is InChI=1S/C12H13BrFN5O2S.C3H7NS/c1-22-5-4-15-11-10(18-21-19-11)12(17-20)16-7-2-3-9(14)8(13)6-7;4-5-3-1-2-3/h2-3,6,20H,4-5H2,1H3,(H,15,19)(H,16,17);3H,1-2,4H2. The fraction of sp³-hybridized carbons (Fsp3) is 0.400. The Balaban J connectivity index is 0.000000451. The van der Waals surface area contributed by atoms with E-state index in [1.807, 2.05) is 11.7 Å². The van der Waals surface area contributed by atoms with Crippen LogP contribution in [0.25, 0.3) is 0 Å². The second kappa shape index (κ2) is 11.5. The van der Waals surface area contributed by atoms with Crippen LogP contribution in [0.3, 0.4) is 0 Å². The summed E-state index contributed by atoms with van der Waals surface area (Å²) in [7, 11) is 0. The smallest absolute Gasteiger partial charge is 0.202 e. The van der Waals surface area contributed by atoms with E-state index < -0.39 is 5.82 Å². The molecule has 8 nitrogen and oxygen atoms in total. The van der Waals surface area contributed by atoms with E-state index >= 15 is 0 Å². The summed E-state index contributed by atoms with van der Waals surface area (Å²) in [4.78, 5) is 4.16. The van der Waals surface area contributed by atoms with E-state index in [2.05, 4.69) is 41.2 Å². The van der Waals surface area contributed by atoms with Gasteiger partial charge in [0.25, 0.3) is 0 Å². The number of benzene rings is 1. The summed E-state index contributed by atoms with van der Waals surface area (Å²) in [6, 6.07) is 4.20. The maximum absolute atomic E-state index is 13.2. The van der Waals surface area contributed by atoms with Gasteiger partial charge in [-0.2, -0.15) is 11.8 Å². The molecule has 12 heteroatoms. The quantitative estimate of drug-likeness (QED) is 0.155. The lowest BCUT2D eigenvalue weighted by Gasteiger charge is -2.05. The van der Waals surface area contributed by atoms with Gasteiger partial charge in [0, 0.05) is 17.5 Å². The molecule has 1 heterocycles. The van der Waals surface area contributed by atoms with Gasteiger partial charge in [0.15, 0.2) is 11.5 Å². The number of thioether (sulfide) groups is 1. The second-order valence-corrected chi connectivity index (χ2v) is 8.17. The molecule has 5 N–H and O–H groups in total. The van der Waals surface area contributed by atoms with E-state index in [1.165, 1.54) is 43.0 Å². The number of hydrogen-bond donors (Lipinski definition) is 4. The lowest BCUT2D eigenvalue weighted by molar-refractivity contribution is 0.234. The summed E-state index contributed by atoms with van der Waals surface area (Å²) >= 11 is 6.24.